The number of fused-ring (bicyclic) bond motifs is 1. The van der Waals surface area contributed by atoms with Gasteiger partial charge in [-0.2, -0.15) is 0 Å². The van der Waals surface area contributed by atoms with Crippen molar-refractivity contribution in [2.45, 2.75) is 19.9 Å². The fourth-order valence-electron chi connectivity index (χ4n) is 1.63. The number of benzene rings is 1. The summed E-state index contributed by atoms with van der Waals surface area (Å²) < 4.78 is 27.6. The third kappa shape index (κ3) is 1.44. The lowest BCUT2D eigenvalue weighted by molar-refractivity contribution is 0.510. The second kappa shape index (κ2) is 3.49. The maximum atomic E-state index is 13.4. The number of hydrogen-bond acceptors (Lipinski definition) is 1. The molecule has 15 heavy (non-hydrogen) atoms. The minimum absolute atomic E-state index is 0.0156. The summed E-state index contributed by atoms with van der Waals surface area (Å²) in [6.07, 6.45) is 0.683. The average Bonchev–Trinajstić information content (AvgIpc) is 2.51. The van der Waals surface area contributed by atoms with Crippen LogP contribution in [0.25, 0.3) is 11.0 Å². The van der Waals surface area contributed by atoms with Crippen LogP contribution in [-0.2, 0) is 6.54 Å². The molecule has 0 aliphatic rings. The Bertz CT molecular complexity index is 556. The first-order chi connectivity index (χ1) is 7.15. The van der Waals surface area contributed by atoms with Crippen LogP contribution in [-0.4, -0.2) is 9.55 Å². The van der Waals surface area contributed by atoms with Gasteiger partial charge in [-0.3, -0.25) is 4.57 Å². The van der Waals surface area contributed by atoms with Crippen LogP contribution in [0.4, 0.5) is 8.78 Å². The summed E-state index contributed by atoms with van der Waals surface area (Å²) in [7, 11) is 0. The molecular weight excluding hydrogens is 202 g/mol. The van der Waals surface area contributed by atoms with Crippen LogP contribution in [0.1, 0.15) is 13.3 Å². The zero-order chi connectivity index (χ0) is 11.0. The maximum Gasteiger partial charge on any atom is 0.326 e. The van der Waals surface area contributed by atoms with Gasteiger partial charge in [0.05, 0.1) is 5.52 Å². The van der Waals surface area contributed by atoms with Crippen molar-refractivity contribution in [1.29, 1.82) is 0 Å². The highest BCUT2D eigenvalue weighted by atomic mass is 19.2. The lowest BCUT2D eigenvalue weighted by atomic mass is 10.3. The number of nitrogens with one attached hydrogen (secondary N) is 1. The molecule has 80 valence electrons. The molecule has 0 saturated heterocycles. The van der Waals surface area contributed by atoms with E-state index in [0.29, 0.717) is 18.5 Å². The molecule has 0 unspecified atom stereocenters. The summed E-state index contributed by atoms with van der Waals surface area (Å²) >= 11 is 0. The Morgan fingerprint density at radius 2 is 2.13 bits per heavy atom. The largest absolute Gasteiger partial charge is 0.326 e. The molecule has 0 bridgehead atoms. The number of H-pyrrole nitrogens is 1. The summed E-state index contributed by atoms with van der Waals surface area (Å²) in [5, 5.41) is 0. The quantitative estimate of drug-likeness (QED) is 0.812. The lowest BCUT2D eigenvalue weighted by Crippen LogP contribution is -2.16. The average molecular weight is 212 g/mol. The van der Waals surface area contributed by atoms with E-state index in [1.165, 1.54) is 10.6 Å². The monoisotopic (exact) mass is 212 g/mol. The molecule has 0 radical (unpaired) electrons. The summed E-state index contributed by atoms with van der Waals surface area (Å²) in [5.41, 5.74) is -0.0643. The number of imidazole rings is 1. The highest BCUT2D eigenvalue weighted by Crippen LogP contribution is 2.17. The minimum atomic E-state index is -0.973. The van der Waals surface area contributed by atoms with Gasteiger partial charge in [0.25, 0.3) is 0 Å². The number of hydrogen-bond donors (Lipinski definition) is 1. The zero-order valence-corrected chi connectivity index (χ0v) is 8.18. The van der Waals surface area contributed by atoms with E-state index in [1.807, 2.05) is 6.92 Å². The lowest BCUT2D eigenvalue weighted by Gasteiger charge is -2.01. The second-order valence-corrected chi connectivity index (χ2v) is 3.34. The van der Waals surface area contributed by atoms with E-state index in [2.05, 4.69) is 4.98 Å². The molecule has 0 amide bonds. The zero-order valence-electron chi connectivity index (χ0n) is 8.18. The molecule has 0 spiro atoms. The van der Waals surface area contributed by atoms with Crippen molar-refractivity contribution in [2.75, 3.05) is 0 Å². The van der Waals surface area contributed by atoms with Gasteiger partial charge in [-0.15, -0.1) is 0 Å². The van der Waals surface area contributed by atoms with Gasteiger partial charge < -0.3 is 4.98 Å². The van der Waals surface area contributed by atoms with Crippen LogP contribution in [0.15, 0.2) is 16.9 Å². The Morgan fingerprint density at radius 3 is 2.80 bits per heavy atom. The van der Waals surface area contributed by atoms with E-state index in [9.17, 15) is 13.6 Å². The van der Waals surface area contributed by atoms with E-state index in [4.69, 9.17) is 0 Å². The topological polar surface area (TPSA) is 37.8 Å². The molecule has 5 heteroatoms. The van der Waals surface area contributed by atoms with Crippen LogP contribution in [0.5, 0.6) is 0 Å². The van der Waals surface area contributed by atoms with Gasteiger partial charge in [0.1, 0.15) is 5.52 Å². The number of rotatable bonds is 2. The van der Waals surface area contributed by atoms with Crippen LogP contribution in [0, 0.1) is 11.6 Å². The van der Waals surface area contributed by atoms with E-state index in [-0.39, 0.29) is 5.52 Å². The second-order valence-electron chi connectivity index (χ2n) is 3.34. The van der Waals surface area contributed by atoms with Crippen molar-refractivity contribution < 1.29 is 8.78 Å². The minimum Gasteiger partial charge on any atom is -0.305 e. The maximum absolute atomic E-state index is 13.4. The van der Waals surface area contributed by atoms with Crippen molar-refractivity contribution in [3.63, 3.8) is 0 Å². The Labute approximate surface area is 84.3 Å². The molecule has 3 nitrogen and oxygen atoms in total. The first kappa shape index (κ1) is 9.89. The van der Waals surface area contributed by atoms with Crippen LogP contribution in [0.2, 0.25) is 0 Å². The summed E-state index contributed by atoms with van der Waals surface area (Å²) in [6, 6.07) is 2.37. The normalized spacial score (nSPS) is 11.1. The smallest absolute Gasteiger partial charge is 0.305 e. The molecule has 1 aromatic heterocycles. The number of aryl methyl sites for hydroxylation is 1. The SMILES string of the molecule is CCCn1c(=O)[nH]c2ccc(F)c(F)c21. The predicted molar refractivity (Wildman–Crippen MR) is 52.8 cm³/mol. The molecule has 1 aromatic carbocycles. The van der Waals surface area contributed by atoms with Gasteiger partial charge in [-0.05, 0) is 18.6 Å². The van der Waals surface area contributed by atoms with E-state index in [0.717, 1.165) is 6.07 Å². The fraction of sp³-hybridized carbons (Fsp3) is 0.300. The van der Waals surface area contributed by atoms with Gasteiger partial charge in [-0.25, -0.2) is 13.6 Å². The third-order valence-corrected chi connectivity index (χ3v) is 2.27. The summed E-state index contributed by atoms with van der Waals surface area (Å²) in [4.78, 5) is 13.9. The third-order valence-electron chi connectivity index (χ3n) is 2.27. The molecule has 0 atom stereocenters. The van der Waals surface area contributed by atoms with E-state index >= 15 is 0 Å². The molecule has 0 aliphatic carbocycles. The summed E-state index contributed by atoms with van der Waals surface area (Å²) in [6.45, 7) is 2.24. The first-order valence-electron chi connectivity index (χ1n) is 4.71. The molecule has 1 N–H and O–H groups in total. The Kier molecular flexibility index (Phi) is 2.30. The summed E-state index contributed by atoms with van der Waals surface area (Å²) in [5.74, 6) is -1.91. The molecule has 1 heterocycles. The van der Waals surface area contributed by atoms with Gasteiger partial charge in [-0.1, -0.05) is 6.92 Å². The van der Waals surface area contributed by atoms with E-state index in [1.54, 1.807) is 0 Å². The Morgan fingerprint density at radius 1 is 1.40 bits per heavy atom. The van der Waals surface area contributed by atoms with Crippen LogP contribution >= 0.6 is 0 Å². The first-order valence-corrected chi connectivity index (χ1v) is 4.71. The van der Waals surface area contributed by atoms with Gasteiger partial charge in [0, 0.05) is 6.54 Å². The van der Waals surface area contributed by atoms with E-state index < -0.39 is 17.3 Å². The molecule has 0 aliphatic heterocycles. The van der Waals surface area contributed by atoms with Gasteiger partial charge >= 0.3 is 5.69 Å². The van der Waals surface area contributed by atoms with Crippen molar-refractivity contribution in [3.8, 4) is 0 Å². The fourth-order valence-corrected chi connectivity index (χ4v) is 1.63. The van der Waals surface area contributed by atoms with Gasteiger partial charge in [0.2, 0.25) is 0 Å². The standard InChI is InChI=1S/C10H10F2N2O/c1-2-5-14-9-7(13-10(14)15)4-3-6(11)8(9)12/h3-4H,2,5H2,1H3,(H,13,15). The Hall–Kier alpha value is -1.65. The van der Waals surface area contributed by atoms with Crippen molar-refractivity contribution in [1.82, 2.24) is 9.55 Å². The molecule has 2 aromatic rings. The Balaban J connectivity index is 2.83. The number of aromatic amines is 1. The highest BCUT2D eigenvalue weighted by Gasteiger charge is 2.13. The number of aromatic nitrogens is 2. The molecule has 0 saturated carbocycles. The number of halogens is 2. The van der Waals surface area contributed by atoms with Crippen molar-refractivity contribution in [3.05, 3.63) is 34.3 Å². The molecule has 0 fully saturated rings. The number of nitrogens with zero attached hydrogens (tertiary/aromatic N) is 1. The van der Waals surface area contributed by atoms with Gasteiger partial charge in [0.15, 0.2) is 11.6 Å². The van der Waals surface area contributed by atoms with Crippen molar-refractivity contribution in [2.24, 2.45) is 0 Å². The van der Waals surface area contributed by atoms with Crippen molar-refractivity contribution >= 4 is 11.0 Å². The molecule has 2 rings (SSSR count). The van der Waals surface area contributed by atoms with Crippen LogP contribution < -0.4 is 5.69 Å². The molecular formula is C10H10F2N2O. The van der Waals surface area contributed by atoms with Crippen LogP contribution in [0.3, 0.4) is 0 Å². The predicted octanol–water partition coefficient (Wildman–Crippen LogP) is 2.02. The highest BCUT2D eigenvalue weighted by molar-refractivity contribution is 5.75.